The van der Waals surface area contributed by atoms with Gasteiger partial charge in [-0.3, -0.25) is 4.79 Å². The number of nitrogens with one attached hydrogen (secondary N) is 1. The molecule has 5 nitrogen and oxygen atoms in total. The number of piperidine rings is 1. The Balaban J connectivity index is 1.21. The smallest absolute Gasteiger partial charge is 0.407 e. The van der Waals surface area contributed by atoms with E-state index in [9.17, 15) is 9.59 Å². The molecule has 5 heteroatoms. The highest BCUT2D eigenvalue weighted by Crippen LogP contribution is 2.60. The summed E-state index contributed by atoms with van der Waals surface area (Å²) in [5, 5.41) is 2.86. The van der Waals surface area contributed by atoms with Crippen molar-refractivity contribution in [2.45, 2.75) is 62.3 Å². The lowest BCUT2D eigenvalue weighted by Crippen LogP contribution is -2.58. The molecule has 3 saturated carbocycles. The van der Waals surface area contributed by atoms with Gasteiger partial charge >= 0.3 is 6.09 Å². The molecule has 1 aromatic carbocycles. The molecule has 4 fully saturated rings. The first kappa shape index (κ1) is 18.0. The second kappa shape index (κ2) is 5.74. The number of hydrogen-bond acceptors (Lipinski definition) is 3. The molecule has 2 amide bonds. The number of amides is 2. The lowest BCUT2D eigenvalue weighted by molar-refractivity contribution is -0.140. The Hall–Kier alpha value is -2.04. The van der Waals surface area contributed by atoms with Crippen molar-refractivity contribution in [3.8, 4) is 0 Å². The summed E-state index contributed by atoms with van der Waals surface area (Å²) in [6, 6.07) is 9.25. The van der Waals surface area contributed by atoms with Gasteiger partial charge < -0.3 is 15.0 Å². The molecule has 0 bridgehead atoms. The second-order valence-electron chi connectivity index (χ2n) is 10.2. The van der Waals surface area contributed by atoms with E-state index in [1.54, 1.807) is 0 Å². The van der Waals surface area contributed by atoms with Crippen LogP contribution in [0.2, 0.25) is 0 Å². The molecule has 2 atom stereocenters. The van der Waals surface area contributed by atoms with Crippen LogP contribution >= 0.6 is 0 Å². The number of carbonyl (C=O) groups is 2. The third-order valence-electron chi connectivity index (χ3n) is 7.95. The molecule has 4 aliphatic rings. The van der Waals surface area contributed by atoms with E-state index in [1.165, 1.54) is 37.5 Å². The van der Waals surface area contributed by atoms with Crippen LogP contribution in [-0.2, 0) is 20.4 Å². The van der Waals surface area contributed by atoms with Gasteiger partial charge in [0.25, 0.3) is 0 Å². The second-order valence-corrected chi connectivity index (χ2v) is 10.2. The van der Waals surface area contributed by atoms with Crippen LogP contribution in [0, 0.1) is 11.8 Å². The van der Waals surface area contributed by atoms with Crippen LogP contribution < -0.4 is 5.32 Å². The zero-order valence-corrected chi connectivity index (χ0v) is 17.1. The maximum atomic E-state index is 13.0. The highest BCUT2D eigenvalue weighted by molar-refractivity contribution is 5.82. The van der Waals surface area contributed by atoms with Gasteiger partial charge in [0.1, 0.15) is 0 Å². The van der Waals surface area contributed by atoms with Crippen molar-refractivity contribution in [2.75, 3.05) is 20.2 Å². The number of alkyl carbamates (subject to hydrolysis) is 1. The summed E-state index contributed by atoms with van der Waals surface area (Å²) >= 11 is 0. The Morgan fingerprint density at radius 3 is 2.32 bits per heavy atom. The Bertz CT molecular complexity index is 823. The van der Waals surface area contributed by atoms with Crippen LogP contribution in [0.3, 0.4) is 0 Å². The fourth-order valence-corrected chi connectivity index (χ4v) is 5.64. The molecule has 0 radical (unpaired) electrons. The van der Waals surface area contributed by atoms with Gasteiger partial charge in [-0.1, -0.05) is 31.2 Å². The first-order valence-electron chi connectivity index (χ1n) is 10.5. The van der Waals surface area contributed by atoms with E-state index in [2.05, 4.69) is 46.1 Å². The Morgan fingerprint density at radius 1 is 1.07 bits per heavy atom. The number of rotatable bonds is 4. The van der Waals surface area contributed by atoms with E-state index >= 15 is 0 Å². The van der Waals surface area contributed by atoms with Gasteiger partial charge in [0.2, 0.25) is 5.91 Å². The molecular formula is C23H30N2O3. The fraction of sp³-hybridized carbons (Fsp3) is 0.652. The number of benzene rings is 1. The van der Waals surface area contributed by atoms with E-state index in [1.807, 2.05) is 6.92 Å². The summed E-state index contributed by atoms with van der Waals surface area (Å²) in [5.74, 6) is 0.894. The fourth-order valence-electron chi connectivity index (χ4n) is 5.64. The summed E-state index contributed by atoms with van der Waals surface area (Å²) in [6.07, 6.45) is 4.78. The van der Waals surface area contributed by atoms with E-state index in [0.29, 0.717) is 24.2 Å². The monoisotopic (exact) mass is 382 g/mol. The predicted octanol–water partition coefficient (Wildman–Crippen LogP) is 3.36. The van der Waals surface area contributed by atoms with E-state index in [-0.39, 0.29) is 22.8 Å². The summed E-state index contributed by atoms with van der Waals surface area (Å²) in [5.41, 5.74) is 3.15. The molecule has 28 heavy (non-hydrogen) atoms. The predicted molar refractivity (Wildman–Crippen MR) is 106 cm³/mol. The largest absolute Gasteiger partial charge is 0.453 e. The maximum absolute atomic E-state index is 13.0. The lowest BCUT2D eigenvalue weighted by Gasteiger charge is -2.45. The van der Waals surface area contributed by atoms with Crippen LogP contribution in [0.4, 0.5) is 4.79 Å². The molecule has 3 aliphatic carbocycles. The average Bonchev–Trinajstić information content (AvgIpc) is 3.55. The van der Waals surface area contributed by atoms with E-state index in [0.717, 1.165) is 13.1 Å². The van der Waals surface area contributed by atoms with Gasteiger partial charge in [0.15, 0.2) is 0 Å². The molecule has 1 N–H and O–H groups in total. The number of ether oxygens (including phenoxy) is 1. The molecule has 0 aromatic heterocycles. The number of methoxy groups -OCH3 is 1. The topological polar surface area (TPSA) is 58.6 Å². The third-order valence-corrected chi connectivity index (χ3v) is 7.95. The average molecular weight is 383 g/mol. The highest BCUT2D eigenvalue weighted by atomic mass is 16.5. The zero-order valence-electron chi connectivity index (χ0n) is 17.1. The van der Waals surface area contributed by atoms with Gasteiger partial charge in [0, 0.05) is 30.0 Å². The SMILES string of the molecule is COC(=O)N[C@]1(C)C[C@H](C(=O)N2CC3CC3(c3ccc(C4(C)CC4)cc3)C2)C1. The molecule has 1 aromatic rings. The van der Waals surface area contributed by atoms with Gasteiger partial charge in [0.05, 0.1) is 7.11 Å². The number of nitrogens with zero attached hydrogens (tertiary/aromatic N) is 1. The first-order chi connectivity index (χ1) is 13.3. The van der Waals surface area contributed by atoms with E-state index in [4.69, 9.17) is 0 Å². The molecule has 1 aliphatic heterocycles. The maximum Gasteiger partial charge on any atom is 0.407 e. The van der Waals surface area contributed by atoms with Gasteiger partial charge in [-0.2, -0.15) is 0 Å². The number of hydrogen-bond donors (Lipinski definition) is 1. The summed E-state index contributed by atoms with van der Waals surface area (Å²) in [4.78, 5) is 26.5. The lowest BCUT2D eigenvalue weighted by atomic mass is 9.69. The van der Waals surface area contributed by atoms with Crippen LogP contribution in [0.25, 0.3) is 0 Å². The minimum atomic E-state index is -0.418. The third kappa shape index (κ3) is 2.73. The molecule has 1 heterocycles. The summed E-state index contributed by atoms with van der Waals surface area (Å²) in [7, 11) is 1.37. The van der Waals surface area contributed by atoms with Crippen LogP contribution in [-0.4, -0.2) is 42.6 Å². The Labute approximate surface area is 166 Å². The van der Waals surface area contributed by atoms with Crippen molar-refractivity contribution in [2.24, 2.45) is 11.8 Å². The highest BCUT2D eigenvalue weighted by Gasteiger charge is 2.62. The van der Waals surface area contributed by atoms with Gasteiger partial charge in [-0.15, -0.1) is 0 Å². The molecular weight excluding hydrogens is 352 g/mol. The summed E-state index contributed by atoms with van der Waals surface area (Å²) < 4.78 is 4.69. The summed E-state index contributed by atoms with van der Waals surface area (Å²) in [6.45, 7) is 6.07. The first-order valence-corrected chi connectivity index (χ1v) is 10.5. The zero-order chi connectivity index (χ0) is 19.7. The number of carbonyl (C=O) groups excluding carboxylic acids is 2. The van der Waals surface area contributed by atoms with Crippen LogP contribution in [0.5, 0.6) is 0 Å². The van der Waals surface area contributed by atoms with Crippen molar-refractivity contribution < 1.29 is 14.3 Å². The molecule has 2 unspecified atom stereocenters. The van der Waals surface area contributed by atoms with Crippen molar-refractivity contribution in [3.63, 3.8) is 0 Å². The molecule has 150 valence electrons. The van der Waals surface area contributed by atoms with Gasteiger partial charge in [-0.05, 0) is 61.5 Å². The Kier molecular flexibility index (Phi) is 3.69. The Morgan fingerprint density at radius 2 is 1.71 bits per heavy atom. The minimum absolute atomic E-state index is 0.0221. The minimum Gasteiger partial charge on any atom is -0.453 e. The van der Waals surface area contributed by atoms with Crippen molar-refractivity contribution in [1.29, 1.82) is 0 Å². The van der Waals surface area contributed by atoms with Crippen LogP contribution in [0.15, 0.2) is 24.3 Å². The quantitative estimate of drug-likeness (QED) is 0.869. The molecule has 0 spiro atoms. The van der Waals surface area contributed by atoms with Crippen LogP contribution in [0.1, 0.15) is 57.1 Å². The standard InChI is InChI=1S/C23H30N2O3/c1-21(8-9-21)16-4-6-17(7-5-16)23-12-18(23)13-25(14-23)19(26)15-10-22(2,11-15)24-20(27)28-3/h4-7,15,18H,8-14H2,1-3H3,(H,24,27)/t15-,18?,22+,23?. The van der Waals surface area contributed by atoms with Crippen molar-refractivity contribution >= 4 is 12.0 Å². The normalized spacial score (nSPS) is 36.9. The number of likely N-dealkylation sites (tertiary alicyclic amines) is 1. The van der Waals surface area contributed by atoms with Crippen molar-refractivity contribution in [3.05, 3.63) is 35.4 Å². The molecule has 1 saturated heterocycles. The molecule has 5 rings (SSSR count). The van der Waals surface area contributed by atoms with E-state index < -0.39 is 6.09 Å². The number of fused-ring (bicyclic) bond motifs is 1. The van der Waals surface area contributed by atoms with Gasteiger partial charge in [-0.25, -0.2) is 4.79 Å². The van der Waals surface area contributed by atoms with Crippen molar-refractivity contribution in [1.82, 2.24) is 10.2 Å².